The second kappa shape index (κ2) is 4.20. The lowest BCUT2D eigenvalue weighted by Crippen LogP contribution is -2.05. The third-order valence-electron chi connectivity index (χ3n) is 2.15. The van der Waals surface area contributed by atoms with Crippen molar-refractivity contribution in [2.45, 2.75) is 6.10 Å². The quantitative estimate of drug-likeness (QED) is 0.696. The van der Waals surface area contributed by atoms with E-state index < -0.39 is 0 Å². The van der Waals surface area contributed by atoms with Crippen LogP contribution in [-0.4, -0.2) is 26.4 Å². The maximum Gasteiger partial charge on any atom is 0.141 e. The van der Waals surface area contributed by atoms with Gasteiger partial charge in [0.1, 0.15) is 35.8 Å². The van der Waals surface area contributed by atoms with Crippen LogP contribution in [0.4, 0.5) is 0 Å². The molecule has 1 heterocycles. The number of hydrogen-bond acceptors (Lipinski definition) is 4. The van der Waals surface area contributed by atoms with Crippen molar-refractivity contribution < 1.29 is 14.2 Å². The second-order valence-electron chi connectivity index (χ2n) is 3.21. The number of hydrogen-bond donors (Lipinski definition) is 0. The summed E-state index contributed by atoms with van der Waals surface area (Å²) < 4.78 is 15.6. The Balaban J connectivity index is 2.17. The number of nitriles is 1. The molecule has 2 rings (SSSR count). The number of methoxy groups -OCH3 is 1. The number of benzene rings is 1. The molecule has 1 aliphatic heterocycles. The van der Waals surface area contributed by atoms with Crippen LogP contribution in [0.25, 0.3) is 0 Å². The number of ether oxygens (including phenoxy) is 3. The first kappa shape index (κ1) is 9.81. The molecular formula is C11H11NO3. The molecule has 4 nitrogen and oxygen atoms in total. The van der Waals surface area contributed by atoms with Gasteiger partial charge >= 0.3 is 0 Å². The zero-order chi connectivity index (χ0) is 10.7. The van der Waals surface area contributed by atoms with E-state index in [9.17, 15) is 0 Å². The van der Waals surface area contributed by atoms with E-state index >= 15 is 0 Å². The molecule has 0 bridgehead atoms. The Morgan fingerprint density at radius 1 is 1.53 bits per heavy atom. The van der Waals surface area contributed by atoms with Crippen molar-refractivity contribution in [2.24, 2.45) is 0 Å². The molecule has 1 aromatic rings. The van der Waals surface area contributed by atoms with Crippen molar-refractivity contribution in [3.63, 3.8) is 0 Å². The summed E-state index contributed by atoms with van der Waals surface area (Å²) in [6, 6.07) is 7.35. The van der Waals surface area contributed by atoms with Crippen LogP contribution in [0, 0.1) is 11.3 Å². The Morgan fingerprint density at radius 2 is 2.27 bits per heavy atom. The van der Waals surface area contributed by atoms with Gasteiger partial charge in [0, 0.05) is 0 Å². The lowest BCUT2D eigenvalue weighted by atomic mass is 10.2. The molecular weight excluding hydrogens is 194 g/mol. The first-order chi connectivity index (χ1) is 7.35. The fourth-order valence-electron chi connectivity index (χ4n) is 1.26. The molecule has 0 N–H and O–H groups in total. The lowest BCUT2D eigenvalue weighted by molar-refractivity contribution is 0.261. The molecule has 1 saturated heterocycles. The highest BCUT2D eigenvalue weighted by Crippen LogP contribution is 2.27. The van der Waals surface area contributed by atoms with Crippen LogP contribution in [0.1, 0.15) is 5.56 Å². The van der Waals surface area contributed by atoms with Crippen LogP contribution in [0.3, 0.4) is 0 Å². The van der Waals surface area contributed by atoms with Crippen molar-refractivity contribution in [3.8, 4) is 17.6 Å². The molecule has 1 aliphatic rings. The van der Waals surface area contributed by atoms with E-state index in [1.807, 2.05) is 0 Å². The standard InChI is InChI=1S/C11H11NO3/c1-13-10-3-2-4-11(9(10)5-12)15-7-8-6-14-8/h2-4,8H,6-7H2,1H3/t8-/m0/s1. The van der Waals surface area contributed by atoms with Gasteiger partial charge in [-0.25, -0.2) is 0 Å². The van der Waals surface area contributed by atoms with Crippen LogP contribution >= 0.6 is 0 Å². The Bertz CT molecular complexity index is 393. The Hall–Kier alpha value is -1.73. The Labute approximate surface area is 88.0 Å². The summed E-state index contributed by atoms with van der Waals surface area (Å²) >= 11 is 0. The van der Waals surface area contributed by atoms with E-state index in [1.54, 1.807) is 18.2 Å². The Kier molecular flexibility index (Phi) is 2.75. The smallest absolute Gasteiger partial charge is 0.141 e. The van der Waals surface area contributed by atoms with Crippen molar-refractivity contribution in [1.82, 2.24) is 0 Å². The van der Waals surface area contributed by atoms with Crippen molar-refractivity contribution in [2.75, 3.05) is 20.3 Å². The fourth-order valence-corrected chi connectivity index (χ4v) is 1.26. The molecule has 0 radical (unpaired) electrons. The van der Waals surface area contributed by atoms with Crippen LogP contribution in [0.2, 0.25) is 0 Å². The van der Waals surface area contributed by atoms with Gasteiger partial charge in [0.15, 0.2) is 0 Å². The van der Waals surface area contributed by atoms with Gasteiger partial charge in [0.05, 0.1) is 13.7 Å². The van der Waals surface area contributed by atoms with Gasteiger partial charge in [0.25, 0.3) is 0 Å². The zero-order valence-corrected chi connectivity index (χ0v) is 8.40. The minimum atomic E-state index is 0.183. The van der Waals surface area contributed by atoms with Crippen LogP contribution in [-0.2, 0) is 4.74 Å². The van der Waals surface area contributed by atoms with Crippen LogP contribution in [0.5, 0.6) is 11.5 Å². The zero-order valence-electron chi connectivity index (χ0n) is 8.40. The lowest BCUT2D eigenvalue weighted by Gasteiger charge is -2.08. The summed E-state index contributed by atoms with van der Waals surface area (Å²) in [6.07, 6.45) is 0.183. The summed E-state index contributed by atoms with van der Waals surface area (Å²) in [4.78, 5) is 0. The molecule has 0 saturated carbocycles. The minimum absolute atomic E-state index is 0.183. The topological polar surface area (TPSA) is 54.8 Å². The SMILES string of the molecule is COc1cccc(OC[C@@H]2CO2)c1C#N. The van der Waals surface area contributed by atoms with Crippen molar-refractivity contribution >= 4 is 0 Å². The molecule has 0 unspecified atom stereocenters. The summed E-state index contributed by atoms with van der Waals surface area (Å²) in [5.41, 5.74) is 0.431. The Morgan fingerprint density at radius 3 is 2.87 bits per heavy atom. The van der Waals surface area contributed by atoms with Gasteiger partial charge in [-0.3, -0.25) is 0 Å². The number of epoxide rings is 1. The third-order valence-corrected chi connectivity index (χ3v) is 2.15. The van der Waals surface area contributed by atoms with E-state index in [1.165, 1.54) is 7.11 Å². The third kappa shape index (κ3) is 2.20. The molecule has 1 fully saturated rings. The summed E-state index contributed by atoms with van der Waals surface area (Å²) in [6.45, 7) is 1.23. The largest absolute Gasteiger partial charge is 0.495 e. The highest BCUT2D eigenvalue weighted by atomic mass is 16.6. The second-order valence-corrected chi connectivity index (χ2v) is 3.21. The summed E-state index contributed by atoms with van der Waals surface area (Å²) in [7, 11) is 1.53. The normalized spacial score (nSPS) is 18.0. The maximum absolute atomic E-state index is 8.97. The molecule has 1 atom stereocenters. The average Bonchev–Trinajstić information content (AvgIpc) is 3.09. The van der Waals surface area contributed by atoms with Gasteiger partial charge in [-0.15, -0.1) is 0 Å². The highest BCUT2D eigenvalue weighted by Gasteiger charge is 2.23. The van der Waals surface area contributed by atoms with E-state index in [4.69, 9.17) is 19.5 Å². The van der Waals surface area contributed by atoms with E-state index in [-0.39, 0.29) is 6.10 Å². The molecule has 4 heteroatoms. The highest BCUT2D eigenvalue weighted by molar-refractivity contribution is 5.52. The first-order valence-electron chi connectivity index (χ1n) is 4.66. The predicted octanol–water partition coefficient (Wildman–Crippen LogP) is 1.34. The maximum atomic E-state index is 8.97. The molecule has 0 amide bonds. The van der Waals surface area contributed by atoms with Gasteiger partial charge in [-0.05, 0) is 12.1 Å². The van der Waals surface area contributed by atoms with E-state index in [0.717, 1.165) is 6.61 Å². The molecule has 0 spiro atoms. The molecule has 1 aromatic carbocycles. The summed E-state index contributed by atoms with van der Waals surface area (Å²) in [5, 5.41) is 8.97. The van der Waals surface area contributed by atoms with E-state index in [2.05, 4.69) is 6.07 Å². The monoisotopic (exact) mass is 205 g/mol. The van der Waals surface area contributed by atoms with Gasteiger partial charge in [-0.2, -0.15) is 5.26 Å². The van der Waals surface area contributed by atoms with Crippen LogP contribution < -0.4 is 9.47 Å². The minimum Gasteiger partial charge on any atom is -0.495 e. The van der Waals surface area contributed by atoms with Gasteiger partial charge < -0.3 is 14.2 Å². The van der Waals surface area contributed by atoms with Gasteiger partial charge in [-0.1, -0.05) is 6.07 Å². The first-order valence-corrected chi connectivity index (χ1v) is 4.66. The molecule has 78 valence electrons. The van der Waals surface area contributed by atoms with Crippen LogP contribution in [0.15, 0.2) is 18.2 Å². The number of rotatable bonds is 4. The van der Waals surface area contributed by atoms with Gasteiger partial charge in [0.2, 0.25) is 0 Å². The van der Waals surface area contributed by atoms with E-state index in [0.29, 0.717) is 23.7 Å². The predicted molar refractivity (Wildman–Crippen MR) is 52.9 cm³/mol. The van der Waals surface area contributed by atoms with Crippen molar-refractivity contribution in [1.29, 1.82) is 5.26 Å². The number of nitrogens with zero attached hydrogens (tertiary/aromatic N) is 1. The molecule has 15 heavy (non-hydrogen) atoms. The summed E-state index contributed by atoms with van der Waals surface area (Å²) in [5.74, 6) is 1.08. The fraction of sp³-hybridized carbons (Fsp3) is 0.364. The average molecular weight is 205 g/mol. The van der Waals surface area contributed by atoms with Crippen molar-refractivity contribution in [3.05, 3.63) is 23.8 Å². The molecule has 0 aromatic heterocycles. The molecule has 0 aliphatic carbocycles.